The number of amidine groups is 1. The summed E-state index contributed by atoms with van der Waals surface area (Å²) in [4.78, 5) is 7.55. The van der Waals surface area contributed by atoms with E-state index in [2.05, 4.69) is 41.5 Å². The fourth-order valence-electron chi connectivity index (χ4n) is 3.24. The van der Waals surface area contributed by atoms with Gasteiger partial charge >= 0.3 is 0 Å². The second kappa shape index (κ2) is 7.50. The van der Waals surface area contributed by atoms with E-state index >= 15 is 0 Å². The predicted molar refractivity (Wildman–Crippen MR) is 105 cm³/mol. The molecular weight excluding hydrogens is 354 g/mol. The number of thioether (sulfide) groups is 1. The number of rotatable bonds is 4. The molecule has 25 heavy (non-hydrogen) atoms. The van der Waals surface area contributed by atoms with E-state index in [1.807, 2.05) is 12.1 Å². The molecule has 0 N–H and O–H groups in total. The third-order valence-electron chi connectivity index (χ3n) is 4.67. The lowest BCUT2D eigenvalue weighted by molar-refractivity contribution is -0.480. The van der Waals surface area contributed by atoms with E-state index in [0.717, 1.165) is 24.5 Å². The molecule has 0 spiro atoms. The summed E-state index contributed by atoms with van der Waals surface area (Å²) in [6.45, 7) is 1.85. The third-order valence-corrected chi connectivity index (χ3v) is 7.18. The van der Waals surface area contributed by atoms with Gasteiger partial charge in [-0.1, -0.05) is 12.1 Å². The van der Waals surface area contributed by atoms with Crippen molar-refractivity contribution in [3.05, 3.63) is 29.8 Å². The van der Waals surface area contributed by atoms with Gasteiger partial charge in [-0.3, -0.25) is 0 Å². The first-order chi connectivity index (χ1) is 11.8. The maximum atomic E-state index is 11.6. The van der Waals surface area contributed by atoms with Crippen LogP contribution in [0.4, 0.5) is 0 Å². The van der Waals surface area contributed by atoms with Crippen molar-refractivity contribution in [2.24, 2.45) is 4.99 Å². The van der Waals surface area contributed by atoms with Gasteiger partial charge in [0, 0.05) is 25.1 Å². The Balaban J connectivity index is 1.77. The highest BCUT2D eigenvalue weighted by Crippen LogP contribution is 2.27. The van der Waals surface area contributed by atoms with Gasteiger partial charge in [0.1, 0.15) is 7.05 Å². The second-order valence-corrected chi connectivity index (χ2v) is 10.3. The van der Waals surface area contributed by atoms with Gasteiger partial charge in [-0.05, 0) is 36.3 Å². The van der Waals surface area contributed by atoms with E-state index in [-0.39, 0.29) is 6.04 Å². The van der Waals surface area contributed by atoms with Crippen LogP contribution in [-0.4, -0.2) is 74.4 Å². The van der Waals surface area contributed by atoms with Crippen molar-refractivity contribution in [2.45, 2.75) is 29.0 Å². The molecule has 2 heterocycles. The highest BCUT2D eigenvalue weighted by molar-refractivity contribution is 8.00. The van der Waals surface area contributed by atoms with E-state index in [9.17, 15) is 8.42 Å². The zero-order valence-electron chi connectivity index (χ0n) is 15.1. The van der Waals surface area contributed by atoms with Crippen LogP contribution in [0.15, 0.2) is 34.2 Å². The summed E-state index contributed by atoms with van der Waals surface area (Å²) in [5, 5.41) is 0.705. The molecule has 7 heteroatoms. The number of hydrogen-bond acceptors (Lipinski definition) is 5. The summed E-state index contributed by atoms with van der Waals surface area (Å²) >= 11 is 2.06. The Hall–Kier alpha value is -1.34. The average Bonchev–Trinajstić information content (AvgIpc) is 3.06. The molecular formula is C18H26N3O2S2+. The van der Waals surface area contributed by atoms with Crippen molar-refractivity contribution in [3.8, 4) is 0 Å². The Bertz CT molecular complexity index is 779. The van der Waals surface area contributed by atoms with Crippen molar-refractivity contribution in [2.75, 3.05) is 39.2 Å². The number of aliphatic imine (C=N–C) groups is 1. The minimum Gasteiger partial charge on any atom is -0.357 e. The summed E-state index contributed by atoms with van der Waals surface area (Å²) in [7, 11) is 1.02. The molecule has 1 aromatic rings. The monoisotopic (exact) mass is 380 g/mol. The maximum Gasteiger partial charge on any atom is 0.199 e. The first-order valence-corrected chi connectivity index (χ1v) is 11.5. The van der Waals surface area contributed by atoms with Gasteiger partial charge in [-0.15, -0.1) is 0 Å². The molecule has 136 valence electrons. The minimum atomic E-state index is -3.17. The Morgan fingerprint density at radius 2 is 2.04 bits per heavy atom. The van der Waals surface area contributed by atoms with E-state index in [4.69, 9.17) is 4.99 Å². The molecule has 3 rings (SSSR count). The van der Waals surface area contributed by atoms with E-state index < -0.39 is 9.84 Å². The SMILES string of the molecule is CN(CC1CCCS1)C1=NC(c2ccc(S(C)(=O)=O)cc2)C=[N+](C)C1. The molecule has 1 aromatic carbocycles. The first-order valence-electron chi connectivity index (χ1n) is 8.57. The van der Waals surface area contributed by atoms with Gasteiger partial charge in [0.2, 0.25) is 0 Å². The lowest BCUT2D eigenvalue weighted by Gasteiger charge is -2.26. The van der Waals surface area contributed by atoms with Crippen molar-refractivity contribution >= 4 is 33.6 Å². The Labute approximate surface area is 154 Å². The molecule has 0 aromatic heterocycles. The van der Waals surface area contributed by atoms with Gasteiger partial charge in [0.05, 0.1) is 4.90 Å². The maximum absolute atomic E-state index is 11.6. The molecule has 2 aliphatic rings. The standard InChI is InChI=1S/C18H26N3O2S2/c1-20-12-17(14-6-8-16(9-7-14)25(3,22)23)19-18(13-20)21(2)11-15-5-4-10-24-15/h6-9,12,15,17H,4-5,10-11,13H2,1-3H3/q+1. The van der Waals surface area contributed by atoms with Crippen LogP contribution in [0.2, 0.25) is 0 Å². The van der Waals surface area contributed by atoms with E-state index in [1.165, 1.54) is 24.9 Å². The zero-order chi connectivity index (χ0) is 18.0. The molecule has 0 aliphatic carbocycles. The van der Waals surface area contributed by atoms with Crippen LogP contribution >= 0.6 is 11.8 Å². The van der Waals surface area contributed by atoms with E-state index in [1.54, 1.807) is 12.1 Å². The van der Waals surface area contributed by atoms with Crippen LogP contribution in [0, 0.1) is 0 Å². The Morgan fingerprint density at radius 3 is 2.64 bits per heavy atom. The topological polar surface area (TPSA) is 52.8 Å². The van der Waals surface area contributed by atoms with Crippen LogP contribution in [-0.2, 0) is 9.84 Å². The predicted octanol–water partition coefficient (Wildman–Crippen LogP) is 2.08. The van der Waals surface area contributed by atoms with Gasteiger partial charge < -0.3 is 4.90 Å². The van der Waals surface area contributed by atoms with Crippen LogP contribution < -0.4 is 0 Å². The Morgan fingerprint density at radius 1 is 1.32 bits per heavy atom. The fraction of sp³-hybridized carbons (Fsp3) is 0.556. The summed E-state index contributed by atoms with van der Waals surface area (Å²) in [5.41, 5.74) is 1.01. The molecule has 2 atom stereocenters. The zero-order valence-corrected chi connectivity index (χ0v) is 16.7. The number of hydrogen-bond donors (Lipinski definition) is 0. The van der Waals surface area contributed by atoms with Crippen molar-refractivity contribution in [3.63, 3.8) is 0 Å². The highest BCUT2D eigenvalue weighted by atomic mass is 32.2. The number of nitrogens with zero attached hydrogens (tertiary/aromatic N) is 3. The molecule has 0 saturated carbocycles. The number of sulfone groups is 1. The molecule has 1 fully saturated rings. The van der Waals surface area contributed by atoms with Gasteiger partial charge in [-0.2, -0.15) is 11.8 Å². The minimum absolute atomic E-state index is 0.0685. The first kappa shape index (κ1) is 18.5. The summed E-state index contributed by atoms with van der Waals surface area (Å²) in [6.07, 6.45) is 5.94. The van der Waals surface area contributed by atoms with Crippen LogP contribution in [0.3, 0.4) is 0 Å². The lowest BCUT2D eigenvalue weighted by Crippen LogP contribution is -2.40. The van der Waals surface area contributed by atoms with Gasteiger partial charge in [0.25, 0.3) is 0 Å². The molecule has 0 radical (unpaired) electrons. The fourth-order valence-corrected chi connectivity index (χ4v) is 5.20. The molecule has 1 saturated heterocycles. The molecule has 0 bridgehead atoms. The largest absolute Gasteiger partial charge is 0.357 e. The third kappa shape index (κ3) is 4.64. The summed E-state index contributed by atoms with van der Waals surface area (Å²) < 4.78 is 25.4. The van der Waals surface area contributed by atoms with Crippen LogP contribution in [0.5, 0.6) is 0 Å². The number of benzene rings is 1. The molecule has 5 nitrogen and oxygen atoms in total. The summed E-state index contributed by atoms with van der Waals surface area (Å²) in [5.74, 6) is 2.36. The van der Waals surface area contributed by atoms with Crippen LogP contribution in [0.25, 0.3) is 0 Å². The number of likely N-dealkylation sites (N-methyl/N-ethyl adjacent to an activating group) is 2. The van der Waals surface area contributed by atoms with Crippen molar-refractivity contribution < 1.29 is 13.0 Å². The van der Waals surface area contributed by atoms with Crippen molar-refractivity contribution in [1.82, 2.24) is 4.90 Å². The lowest BCUT2D eigenvalue weighted by atomic mass is 10.1. The summed E-state index contributed by atoms with van der Waals surface area (Å²) in [6, 6.07) is 7.00. The van der Waals surface area contributed by atoms with Crippen molar-refractivity contribution in [1.29, 1.82) is 0 Å². The Kier molecular flexibility index (Phi) is 5.53. The quantitative estimate of drug-likeness (QED) is 0.751. The second-order valence-electron chi connectivity index (χ2n) is 6.91. The highest BCUT2D eigenvalue weighted by Gasteiger charge is 2.25. The average molecular weight is 381 g/mol. The molecule has 2 unspecified atom stereocenters. The normalized spacial score (nSPS) is 24.0. The van der Waals surface area contributed by atoms with Crippen LogP contribution in [0.1, 0.15) is 24.4 Å². The van der Waals surface area contributed by atoms with E-state index in [0.29, 0.717) is 10.1 Å². The van der Waals surface area contributed by atoms with Gasteiger partial charge in [-0.25, -0.2) is 18.0 Å². The molecule has 0 amide bonds. The molecule has 2 aliphatic heterocycles. The smallest absolute Gasteiger partial charge is 0.199 e. The van der Waals surface area contributed by atoms with Gasteiger partial charge in [0.15, 0.2) is 34.5 Å².